The number of benzene rings is 2. The summed E-state index contributed by atoms with van der Waals surface area (Å²) in [5.41, 5.74) is 2.88. The summed E-state index contributed by atoms with van der Waals surface area (Å²) in [5, 5.41) is 13.9. The number of hydrogen-bond donors (Lipinski definition) is 3. The molecule has 9 nitrogen and oxygen atoms in total. The highest BCUT2D eigenvalue weighted by Gasteiger charge is 2.65. The van der Waals surface area contributed by atoms with Gasteiger partial charge in [-0.1, -0.05) is 6.07 Å². The number of aryl methyl sites for hydroxylation is 1. The average Bonchev–Trinajstić information content (AvgIpc) is 3.39. The molecule has 1 saturated carbocycles. The van der Waals surface area contributed by atoms with E-state index in [9.17, 15) is 13.6 Å². The molecule has 3 heterocycles. The quantitative estimate of drug-likeness (QED) is 0.377. The normalized spacial score (nSPS) is 20.3. The predicted molar refractivity (Wildman–Crippen MR) is 123 cm³/mol. The fourth-order valence-corrected chi connectivity index (χ4v) is 4.89. The second-order valence-corrected chi connectivity index (χ2v) is 8.60. The molecule has 0 unspecified atom stereocenters. The number of aromatic amines is 1. The number of H-pyrrole nitrogens is 1. The first-order chi connectivity index (χ1) is 16.9. The maximum Gasteiger partial charge on any atom is 0.387 e. The first-order valence-electron chi connectivity index (χ1n) is 10.9. The van der Waals surface area contributed by atoms with Gasteiger partial charge in [-0.3, -0.25) is 9.89 Å². The number of carbonyl (C=O) groups is 1. The number of carbonyl (C=O) groups excluding carboxylic acids is 1. The highest BCUT2D eigenvalue weighted by atomic mass is 19.3. The Kier molecular flexibility index (Phi) is 4.63. The smallest absolute Gasteiger partial charge is 0.387 e. The zero-order valence-electron chi connectivity index (χ0n) is 18.7. The van der Waals surface area contributed by atoms with Gasteiger partial charge in [-0.05, 0) is 54.8 Å². The molecule has 1 spiro atoms. The summed E-state index contributed by atoms with van der Waals surface area (Å²) in [4.78, 5) is 21.0. The van der Waals surface area contributed by atoms with Crippen LogP contribution in [-0.2, 0) is 10.2 Å². The monoisotopic (exact) mass is 478 g/mol. The fraction of sp³-hybridized carbons (Fsp3) is 0.250. The van der Waals surface area contributed by atoms with E-state index in [1.807, 2.05) is 36.4 Å². The van der Waals surface area contributed by atoms with Crippen LogP contribution >= 0.6 is 0 Å². The second-order valence-electron chi connectivity index (χ2n) is 8.60. The number of ether oxygens (including phenoxy) is 2. The Balaban J connectivity index is 1.31. The number of nitrogens with one attached hydrogen (secondary N) is 3. The van der Waals surface area contributed by atoms with Crippen LogP contribution in [0.3, 0.4) is 0 Å². The molecule has 2 atom stereocenters. The van der Waals surface area contributed by atoms with Gasteiger partial charge < -0.3 is 20.1 Å². The van der Waals surface area contributed by atoms with Crippen molar-refractivity contribution in [1.29, 1.82) is 0 Å². The van der Waals surface area contributed by atoms with Crippen LogP contribution in [-0.4, -0.2) is 39.8 Å². The van der Waals surface area contributed by atoms with Gasteiger partial charge in [0.05, 0.1) is 24.2 Å². The number of amides is 1. The van der Waals surface area contributed by atoms with Crippen molar-refractivity contribution in [3.8, 4) is 11.5 Å². The molecule has 2 aromatic carbocycles. The summed E-state index contributed by atoms with van der Waals surface area (Å²) in [5.74, 6) is 1.41. The van der Waals surface area contributed by atoms with Crippen molar-refractivity contribution in [1.82, 2.24) is 20.2 Å². The van der Waals surface area contributed by atoms with E-state index in [0.29, 0.717) is 23.8 Å². The Morgan fingerprint density at radius 3 is 2.86 bits per heavy atom. The van der Waals surface area contributed by atoms with Crippen LogP contribution in [0.4, 0.5) is 26.1 Å². The van der Waals surface area contributed by atoms with Crippen LogP contribution in [0.25, 0.3) is 10.9 Å². The third-order valence-electron chi connectivity index (χ3n) is 6.64. The molecule has 1 aliphatic carbocycles. The van der Waals surface area contributed by atoms with Crippen molar-refractivity contribution >= 4 is 34.1 Å². The number of anilines is 3. The summed E-state index contributed by atoms with van der Waals surface area (Å²) in [6, 6.07) is 11.4. The Morgan fingerprint density at radius 2 is 2.06 bits per heavy atom. The van der Waals surface area contributed by atoms with Crippen LogP contribution in [0.15, 0.2) is 42.6 Å². The highest BCUT2D eigenvalue weighted by Crippen LogP contribution is 2.65. The van der Waals surface area contributed by atoms with Crippen molar-refractivity contribution in [3.63, 3.8) is 0 Å². The van der Waals surface area contributed by atoms with Crippen LogP contribution in [0.5, 0.6) is 11.5 Å². The third-order valence-corrected chi connectivity index (χ3v) is 6.64. The summed E-state index contributed by atoms with van der Waals surface area (Å²) < 4.78 is 35.5. The van der Waals surface area contributed by atoms with Crippen molar-refractivity contribution in [2.75, 3.05) is 17.7 Å². The van der Waals surface area contributed by atoms with Crippen LogP contribution in [0.1, 0.15) is 29.3 Å². The SMILES string of the molecule is COc1ccc2c(c1)[C@]1(C[C@H]1c1ccc3c(Nc4nc(C)ncc4OC(F)F)n[nH]c3c1)C(=O)N2. The third kappa shape index (κ3) is 3.34. The van der Waals surface area contributed by atoms with Gasteiger partial charge in [0.15, 0.2) is 17.4 Å². The number of rotatable bonds is 6. The molecule has 35 heavy (non-hydrogen) atoms. The Labute approximate surface area is 197 Å². The first-order valence-corrected chi connectivity index (χ1v) is 10.9. The summed E-state index contributed by atoms with van der Waals surface area (Å²) in [6.07, 6.45) is 1.88. The van der Waals surface area contributed by atoms with E-state index >= 15 is 0 Å². The molecule has 3 N–H and O–H groups in total. The predicted octanol–water partition coefficient (Wildman–Crippen LogP) is 4.39. The van der Waals surface area contributed by atoms with Crippen LogP contribution in [0, 0.1) is 6.92 Å². The lowest BCUT2D eigenvalue weighted by molar-refractivity contribution is -0.118. The van der Waals surface area contributed by atoms with E-state index in [0.717, 1.165) is 27.7 Å². The summed E-state index contributed by atoms with van der Waals surface area (Å²) >= 11 is 0. The lowest BCUT2D eigenvalue weighted by Gasteiger charge is -2.11. The number of methoxy groups -OCH3 is 1. The zero-order valence-corrected chi connectivity index (χ0v) is 18.7. The minimum atomic E-state index is -3.01. The van der Waals surface area contributed by atoms with Gasteiger partial charge >= 0.3 is 6.61 Å². The topological polar surface area (TPSA) is 114 Å². The second kappa shape index (κ2) is 7.62. The number of alkyl halides is 2. The number of aromatic nitrogens is 4. The Morgan fingerprint density at radius 1 is 1.20 bits per heavy atom. The number of hydrogen-bond acceptors (Lipinski definition) is 7. The van der Waals surface area contributed by atoms with Crippen molar-refractivity contribution in [2.24, 2.45) is 0 Å². The first kappa shape index (κ1) is 21.3. The molecule has 0 bridgehead atoms. The van der Waals surface area contributed by atoms with Gasteiger partial charge in [0.25, 0.3) is 0 Å². The van der Waals surface area contributed by atoms with Crippen LogP contribution < -0.4 is 20.1 Å². The van der Waals surface area contributed by atoms with E-state index in [2.05, 4.69) is 35.5 Å². The van der Waals surface area contributed by atoms with Crippen molar-refractivity contribution < 1.29 is 23.0 Å². The number of nitrogens with zero attached hydrogens (tertiary/aromatic N) is 3. The van der Waals surface area contributed by atoms with Crippen molar-refractivity contribution in [3.05, 3.63) is 59.5 Å². The lowest BCUT2D eigenvalue weighted by Crippen LogP contribution is -2.21. The molecule has 0 saturated heterocycles. The van der Waals surface area contributed by atoms with E-state index < -0.39 is 12.0 Å². The molecular formula is C24H20F2N6O3. The van der Waals surface area contributed by atoms with E-state index in [1.165, 1.54) is 6.20 Å². The molecule has 178 valence electrons. The molecule has 2 aromatic heterocycles. The molecular weight excluding hydrogens is 458 g/mol. The van der Waals surface area contributed by atoms with Gasteiger partial charge in [-0.25, -0.2) is 9.97 Å². The minimum Gasteiger partial charge on any atom is -0.497 e. The standard InChI is InChI=1S/C24H20F2N6O3/c1-11-27-10-19(35-23(25)26)21(28-11)30-20-14-5-3-12(7-18(14)31-32-20)16-9-24(16)15-8-13(34-2)4-6-17(15)29-22(24)33/h3-8,10,16,23H,9H2,1-2H3,(H,29,33)(H2,27,28,30,31,32)/t16-,24-/m0/s1. The van der Waals surface area contributed by atoms with Gasteiger partial charge in [0.1, 0.15) is 11.6 Å². The maximum atomic E-state index is 12.9. The van der Waals surface area contributed by atoms with E-state index in [4.69, 9.17) is 4.74 Å². The molecule has 11 heteroatoms. The maximum absolute atomic E-state index is 12.9. The van der Waals surface area contributed by atoms with Crippen molar-refractivity contribution in [2.45, 2.75) is 31.3 Å². The largest absolute Gasteiger partial charge is 0.497 e. The Hall–Kier alpha value is -4.28. The van der Waals surface area contributed by atoms with Gasteiger partial charge in [-0.15, -0.1) is 0 Å². The molecule has 1 aliphatic heterocycles. The van der Waals surface area contributed by atoms with Gasteiger partial charge in [-0.2, -0.15) is 13.9 Å². The van der Waals surface area contributed by atoms with E-state index in [-0.39, 0.29) is 23.4 Å². The summed E-state index contributed by atoms with van der Waals surface area (Å²) in [7, 11) is 1.60. The zero-order chi connectivity index (χ0) is 24.3. The molecule has 4 aromatic rings. The molecule has 0 radical (unpaired) electrons. The van der Waals surface area contributed by atoms with Crippen LogP contribution in [0.2, 0.25) is 0 Å². The van der Waals surface area contributed by atoms with Gasteiger partial charge in [0, 0.05) is 17.0 Å². The molecule has 1 fully saturated rings. The molecule has 1 amide bonds. The minimum absolute atomic E-state index is 0.00974. The van der Waals surface area contributed by atoms with E-state index in [1.54, 1.807) is 14.0 Å². The number of fused-ring (bicyclic) bond motifs is 3. The molecule has 6 rings (SSSR count). The van der Waals surface area contributed by atoms with Gasteiger partial charge in [0.2, 0.25) is 5.91 Å². The number of halogens is 2. The lowest BCUT2D eigenvalue weighted by atomic mass is 9.91. The Bertz CT molecular complexity index is 1490. The fourth-order valence-electron chi connectivity index (χ4n) is 4.89. The highest BCUT2D eigenvalue weighted by molar-refractivity contribution is 6.10. The molecule has 2 aliphatic rings. The summed E-state index contributed by atoms with van der Waals surface area (Å²) in [6.45, 7) is -1.37. The average molecular weight is 478 g/mol.